The summed E-state index contributed by atoms with van der Waals surface area (Å²) in [5.74, 6) is 1.04. The lowest BCUT2D eigenvalue weighted by Gasteiger charge is -2.21. The molecule has 1 aromatic carbocycles. The summed E-state index contributed by atoms with van der Waals surface area (Å²) in [5, 5.41) is 3.06. The van der Waals surface area contributed by atoms with Crippen LogP contribution in [0.3, 0.4) is 0 Å². The topological polar surface area (TPSA) is 29.1 Å². The van der Waals surface area contributed by atoms with Gasteiger partial charge in [0, 0.05) is 12.1 Å². The highest BCUT2D eigenvalue weighted by atomic mass is 16.1. The molecule has 0 radical (unpaired) electrons. The fourth-order valence-electron chi connectivity index (χ4n) is 3.56. The number of benzene rings is 1. The summed E-state index contributed by atoms with van der Waals surface area (Å²) in [6.07, 6.45) is 8.21. The molecule has 3 rings (SSSR count). The first-order valence-corrected chi connectivity index (χ1v) is 7.13. The van der Waals surface area contributed by atoms with Crippen molar-refractivity contribution in [2.45, 2.75) is 38.5 Å². The van der Waals surface area contributed by atoms with Crippen molar-refractivity contribution in [2.75, 3.05) is 6.54 Å². The van der Waals surface area contributed by atoms with Gasteiger partial charge in [-0.3, -0.25) is 4.79 Å². The highest BCUT2D eigenvalue weighted by molar-refractivity contribution is 5.94. The van der Waals surface area contributed by atoms with Gasteiger partial charge < -0.3 is 5.32 Å². The van der Waals surface area contributed by atoms with E-state index in [0.29, 0.717) is 5.41 Å². The van der Waals surface area contributed by atoms with E-state index in [1.807, 2.05) is 30.3 Å². The van der Waals surface area contributed by atoms with Crippen molar-refractivity contribution in [1.82, 2.24) is 5.32 Å². The smallest absolute Gasteiger partial charge is 0.251 e. The summed E-state index contributed by atoms with van der Waals surface area (Å²) in [6.45, 7) is 0.838. The second-order valence-electron chi connectivity index (χ2n) is 5.88. The molecule has 0 saturated heterocycles. The van der Waals surface area contributed by atoms with E-state index in [1.54, 1.807) is 0 Å². The highest BCUT2D eigenvalue weighted by Gasteiger charge is 2.53. The molecule has 0 heterocycles. The van der Waals surface area contributed by atoms with Crippen molar-refractivity contribution in [3.63, 3.8) is 0 Å². The molecule has 0 aliphatic heterocycles. The molecular weight excluding hydrogens is 222 g/mol. The number of fused-ring (bicyclic) bond motifs is 1. The Kier molecular flexibility index (Phi) is 3.11. The van der Waals surface area contributed by atoms with Gasteiger partial charge in [-0.05, 0) is 49.1 Å². The van der Waals surface area contributed by atoms with Gasteiger partial charge in [0.15, 0.2) is 0 Å². The predicted octanol–water partition coefficient (Wildman–Crippen LogP) is 3.39. The van der Waals surface area contributed by atoms with Gasteiger partial charge in [0.2, 0.25) is 0 Å². The van der Waals surface area contributed by atoms with Gasteiger partial charge in [0.25, 0.3) is 5.91 Å². The molecule has 2 atom stereocenters. The lowest BCUT2D eigenvalue weighted by atomic mass is 9.86. The van der Waals surface area contributed by atoms with Crippen LogP contribution in [0.5, 0.6) is 0 Å². The van der Waals surface area contributed by atoms with Gasteiger partial charge >= 0.3 is 0 Å². The van der Waals surface area contributed by atoms with E-state index in [0.717, 1.165) is 18.0 Å². The Morgan fingerprint density at radius 2 is 2.11 bits per heavy atom. The Morgan fingerprint density at radius 1 is 1.28 bits per heavy atom. The molecule has 2 aliphatic rings. The molecule has 1 N–H and O–H groups in total. The fraction of sp³-hybridized carbons (Fsp3) is 0.562. The number of hydrogen-bond acceptors (Lipinski definition) is 1. The number of nitrogens with one attached hydrogen (secondary N) is 1. The lowest BCUT2D eigenvalue weighted by Crippen LogP contribution is -2.27. The average molecular weight is 243 g/mol. The van der Waals surface area contributed by atoms with E-state index < -0.39 is 0 Å². The Balaban J connectivity index is 1.47. The fourth-order valence-corrected chi connectivity index (χ4v) is 3.56. The molecule has 1 amide bonds. The second-order valence-corrected chi connectivity index (χ2v) is 5.88. The lowest BCUT2D eigenvalue weighted by molar-refractivity contribution is 0.0949. The quantitative estimate of drug-likeness (QED) is 0.863. The van der Waals surface area contributed by atoms with Crippen molar-refractivity contribution in [3.05, 3.63) is 35.9 Å². The SMILES string of the molecule is O=C(NCCC12CCCCC1C2)c1ccccc1. The normalized spacial score (nSPS) is 29.4. The van der Waals surface area contributed by atoms with Crippen molar-refractivity contribution >= 4 is 5.91 Å². The Morgan fingerprint density at radius 3 is 2.89 bits per heavy atom. The molecule has 2 heteroatoms. The number of rotatable bonds is 4. The van der Waals surface area contributed by atoms with Crippen LogP contribution in [0, 0.1) is 11.3 Å². The highest BCUT2D eigenvalue weighted by Crippen LogP contribution is 2.63. The predicted molar refractivity (Wildman–Crippen MR) is 72.4 cm³/mol. The number of carbonyl (C=O) groups is 1. The van der Waals surface area contributed by atoms with Crippen LogP contribution in [0.15, 0.2) is 30.3 Å². The third-order valence-corrected chi connectivity index (χ3v) is 4.78. The maximum Gasteiger partial charge on any atom is 0.251 e. The monoisotopic (exact) mass is 243 g/mol. The Labute approximate surface area is 109 Å². The first-order valence-electron chi connectivity index (χ1n) is 7.13. The van der Waals surface area contributed by atoms with Gasteiger partial charge in [-0.15, -0.1) is 0 Å². The minimum atomic E-state index is 0.0695. The van der Waals surface area contributed by atoms with Crippen molar-refractivity contribution < 1.29 is 4.79 Å². The summed E-state index contributed by atoms with van der Waals surface area (Å²) in [4.78, 5) is 11.9. The van der Waals surface area contributed by atoms with Crippen LogP contribution in [0.25, 0.3) is 0 Å². The standard InChI is InChI=1S/C16H21NO/c18-15(13-6-2-1-3-7-13)17-11-10-16-9-5-4-8-14(16)12-16/h1-3,6-7,14H,4-5,8-12H2,(H,17,18). The van der Waals surface area contributed by atoms with Gasteiger partial charge in [-0.1, -0.05) is 31.0 Å². The maximum atomic E-state index is 11.9. The van der Waals surface area contributed by atoms with Crippen LogP contribution >= 0.6 is 0 Å². The largest absolute Gasteiger partial charge is 0.352 e. The molecule has 2 nitrogen and oxygen atoms in total. The van der Waals surface area contributed by atoms with Crippen molar-refractivity contribution in [2.24, 2.45) is 11.3 Å². The van der Waals surface area contributed by atoms with E-state index in [-0.39, 0.29) is 5.91 Å². The van der Waals surface area contributed by atoms with Gasteiger partial charge in [0.05, 0.1) is 0 Å². The summed E-state index contributed by atoms with van der Waals surface area (Å²) in [7, 11) is 0. The molecule has 2 saturated carbocycles. The summed E-state index contributed by atoms with van der Waals surface area (Å²) >= 11 is 0. The van der Waals surface area contributed by atoms with Gasteiger partial charge in [-0.25, -0.2) is 0 Å². The molecule has 2 unspecified atom stereocenters. The second kappa shape index (κ2) is 4.75. The molecule has 18 heavy (non-hydrogen) atoms. The van der Waals surface area contributed by atoms with Gasteiger partial charge in [0.1, 0.15) is 0 Å². The first-order chi connectivity index (χ1) is 8.80. The number of carbonyl (C=O) groups excluding carboxylic acids is 1. The molecule has 1 aromatic rings. The van der Waals surface area contributed by atoms with E-state index in [2.05, 4.69) is 5.32 Å². The molecule has 0 bridgehead atoms. The summed E-state index contributed by atoms with van der Waals surface area (Å²) < 4.78 is 0. The molecule has 2 fully saturated rings. The molecular formula is C16H21NO. The molecule has 0 aromatic heterocycles. The van der Waals surface area contributed by atoms with Crippen LogP contribution in [0.4, 0.5) is 0 Å². The van der Waals surface area contributed by atoms with Crippen LogP contribution in [-0.4, -0.2) is 12.5 Å². The minimum Gasteiger partial charge on any atom is -0.352 e. The third-order valence-electron chi connectivity index (χ3n) is 4.78. The molecule has 96 valence electrons. The Hall–Kier alpha value is -1.31. The first kappa shape index (κ1) is 11.8. The van der Waals surface area contributed by atoms with Crippen molar-refractivity contribution in [1.29, 1.82) is 0 Å². The summed E-state index contributed by atoms with van der Waals surface area (Å²) in [5.41, 5.74) is 1.38. The van der Waals surface area contributed by atoms with Crippen LogP contribution in [0.2, 0.25) is 0 Å². The average Bonchev–Trinajstić information content (AvgIpc) is 3.14. The van der Waals surface area contributed by atoms with Crippen molar-refractivity contribution in [3.8, 4) is 0 Å². The zero-order valence-corrected chi connectivity index (χ0v) is 10.8. The van der Waals surface area contributed by atoms with E-state index in [9.17, 15) is 4.79 Å². The van der Waals surface area contributed by atoms with Crippen LogP contribution in [-0.2, 0) is 0 Å². The van der Waals surface area contributed by atoms with E-state index in [1.165, 1.54) is 38.5 Å². The third kappa shape index (κ3) is 2.29. The van der Waals surface area contributed by atoms with E-state index in [4.69, 9.17) is 0 Å². The minimum absolute atomic E-state index is 0.0695. The summed E-state index contributed by atoms with van der Waals surface area (Å²) in [6, 6.07) is 9.49. The van der Waals surface area contributed by atoms with Gasteiger partial charge in [-0.2, -0.15) is 0 Å². The molecule has 2 aliphatic carbocycles. The maximum absolute atomic E-state index is 11.9. The zero-order valence-electron chi connectivity index (χ0n) is 10.8. The van der Waals surface area contributed by atoms with Crippen LogP contribution in [0.1, 0.15) is 48.9 Å². The number of amides is 1. The Bertz CT molecular complexity index is 428. The molecule has 0 spiro atoms. The van der Waals surface area contributed by atoms with Crippen LogP contribution < -0.4 is 5.32 Å². The number of hydrogen-bond donors (Lipinski definition) is 1. The van der Waals surface area contributed by atoms with E-state index >= 15 is 0 Å². The zero-order chi connectivity index (χ0) is 12.4.